The summed E-state index contributed by atoms with van der Waals surface area (Å²) in [6.07, 6.45) is 0.960. The zero-order valence-corrected chi connectivity index (χ0v) is 13.0. The van der Waals surface area contributed by atoms with E-state index in [1.54, 1.807) is 42.3 Å². The zero-order valence-electron chi connectivity index (χ0n) is 12.2. The van der Waals surface area contributed by atoms with E-state index in [-0.39, 0.29) is 23.0 Å². The van der Waals surface area contributed by atoms with E-state index in [0.29, 0.717) is 25.6 Å². The molecule has 1 amide bonds. The third-order valence-electron chi connectivity index (χ3n) is 3.73. The maximum absolute atomic E-state index is 12.1. The average molecular weight is 311 g/mol. The van der Waals surface area contributed by atoms with E-state index >= 15 is 0 Å². The summed E-state index contributed by atoms with van der Waals surface area (Å²) in [6, 6.07) is 8.26. The van der Waals surface area contributed by atoms with Gasteiger partial charge >= 0.3 is 0 Å². The van der Waals surface area contributed by atoms with Crippen LogP contribution in [0.4, 0.5) is 0 Å². The van der Waals surface area contributed by atoms with E-state index in [9.17, 15) is 13.2 Å². The molecule has 0 radical (unpaired) electrons. The molecular formula is C15H21NO4S. The second-order valence-electron chi connectivity index (χ2n) is 5.33. The molecule has 0 bridgehead atoms. The van der Waals surface area contributed by atoms with Gasteiger partial charge in [0.05, 0.1) is 17.3 Å². The van der Waals surface area contributed by atoms with Crippen molar-refractivity contribution in [3.05, 3.63) is 30.3 Å². The highest BCUT2D eigenvalue weighted by molar-refractivity contribution is 7.91. The molecule has 0 spiro atoms. The van der Waals surface area contributed by atoms with Crippen LogP contribution in [0, 0.1) is 5.92 Å². The van der Waals surface area contributed by atoms with Crippen molar-refractivity contribution in [2.75, 3.05) is 32.6 Å². The molecule has 1 aliphatic rings. The van der Waals surface area contributed by atoms with Gasteiger partial charge in [0.2, 0.25) is 5.91 Å². The van der Waals surface area contributed by atoms with Crippen molar-refractivity contribution in [1.82, 2.24) is 4.90 Å². The highest BCUT2D eigenvalue weighted by Gasteiger charge is 2.27. The van der Waals surface area contributed by atoms with Crippen LogP contribution in [0.2, 0.25) is 0 Å². The van der Waals surface area contributed by atoms with Gasteiger partial charge in [-0.25, -0.2) is 8.42 Å². The van der Waals surface area contributed by atoms with E-state index < -0.39 is 9.84 Å². The van der Waals surface area contributed by atoms with E-state index in [2.05, 4.69) is 0 Å². The minimum Gasteiger partial charge on any atom is -0.384 e. The molecule has 0 aromatic heterocycles. The monoisotopic (exact) mass is 311 g/mol. The lowest BCUT2D eigenvalue weighted by molar-refractivity contribution is -0.129. The Hall–Kier alpha value is -1.40. The van der Waals surface area contributed by atoms with Gasteiger partial charge in [0, 0.05) is 32.5 Å². The first-order valence-electron chi connectivity index (χ1n) is 7.07. The van der Waals surface area contributed by atoms with Gasteiger partial charge < -0.3 is 9.64 Å². The van der Waals surface area contributed by atoms with Gasteiger partial charge in [-0.15, -0.1) is 0 Å². The summed E-state index contributed by atoms with van der Waals surface area (Å²) >= 11 is 0. The lowest BCUT2D eigenvalue weighted by Gasteiger charge is -2.16. The van der Waals surface area contributed by atoms with Crippen molar-refractivity contribution in [3.8, 4) is 0 Å². The Morgan fingerprint density at radius 1 is 1.33 bits per heavy atom. The van der Waals surface area contributed by atoms with Crippen LogP contribution in [0.5, 0.6) is 0 Å². The fourth-order valence-electron chi connectivity index (χ4n) is 2.56. The summed E-state index contributed by atoms with van der Waals surface area (Å²) in [5.41, 5.74) is 0. The number of ether oxygens (including phenoxy) is 1. The quantitative estimate of drug-likeness (QED) is 0.795. The number of amides is 1. The average Bonchev–Trinajstić information content (AvgIpc) is 2.95. The van der Waals surface area contributed by atoms with Crippen LogP contribution in [0.25, 0.3) is 0 Å². The molecule has 1 atom stereocenters. The Kier molecular flexibility index (Phi) is 5.36. The molecule has 5 nitrogen and oxygen atoms in total. The zero-order chi connectivity index (χ0) is 15.3. The van der Waals surface area contributed by atoms with Gasteiger partial charge in [-0.05, 0) is 18.6 Å². The number of sulfone groups is 1. The van der Waals surface area contributed by atoms with Crippen molar-refractivity contribution in [2.24, 2.45) is 5.92 Å². The van der Waals surface area contributed by atoms with Gasteiger partial charge in [0.15, 0.2) is 9.84 Å². The summed E-state index contributed by atoms with van der Waals surface area (Å²) in [5, 5.41) is 0. The third-order valence-corrected chi connectivity index (χ3v) is 5.46. The van der Waals surface area contributed by atoms with Crippen LogP contribution in [-0.4, -0.2) is 51.8 Å². The molecule has 0 unspecified atom stereocenters. The van der Waals surface area contributed by atoms with Crippen molar-refractivity contribution in [3.63, 3.8) is 0 Å². The number of carbonyl (C=O) groups is 1. The Labute approximate surface area is 125 Å². The molecule has 116 valence electrons. The Bertz CT molecular complexity index is 571. The Morgan fingerprint density at radius 3 is 2.71 bits per heavy atom. The first kappa shape index (κ1) is 16.0. The van der Waals surface area contributed by atoms with Gasteiger partial charge in [-0.1, -0.05) is 18.2 Å². The number of hydrogen-bond donors (Lipinski definition) is 0. The topological polar surface area (TPSA) is 63.7 Å². The maximum Gasteiger partial charge on any atom is 0.223 e. The highest BCUT2D eigenvalue weighted by Crippen LogP contribution is 2.18. The van der Waals surface area contributed by atoms with Crippen LogP contribution < -0.4 is 0 Å². The molecule has 1 aliphatic heterocycles. The van der Waals surface area contributed by atoms with Crippen molar-refractivity contribution < 1.29 is 17.9 Å². The molecule has 0 aliphatic carbocycles. The largest absolute Gasteiger partial charge is 0.384 e. The predicted molar refractivity (Wildman–Crippen MR) is 79.7 cm³/mol. The van der Waals surface area contributed by atoms with E-state index in [0.717, 1.165) is 6.42 Å². The minimum atomic E-state index is -3.38. The second-order valence-corrected chi connectivity index (χ2v) is 7.44. The third kappa shape index (κ3) is 4.28. The standard InChI is InChI=1S/C15H21NO4S/c1-20-12-13-7-9-16(11-13)15(17)8-10-21(18,19)14-5-3-2-4-6-14/h2-6,13H,7-12H2,1H3/t13-/m1/s1. The van der Waals surface area contributed by atoms with Gasteiger partial charge in [0.1, 0.15) is 0 Å². The minimum absolute atomic E-state index is 0.0386. The molecule has 6 heteroatoms. The molecular weight excluding hydrogens is 290 g/mol. The number of likely N-dealkylation sites (tertiary alicyclic amines) is 1. The van der Waals surface area contributed by atoms with Crippen LogP contribution in [0.1, 0.15) is 12.8 Å². The SMILES string of the molecule is COC[C@@H]1CCN(C(=O)CCS(=O)(=O)c2ccccc2)C1. The van der Waals surface area contributed by atoms with Crippen LogP contribution in [0.15, 0.2) is 35.2 Å². The summed E-state index contributed by atoms with van der Waals surface area (Å²) in [5.74, 6) is 0.138. The number of rotatable bonds is 6. The fourth-order valence-corrected chi connectivity index (χ4v) is 3.81. The van der Waals surface area contributed by atoms with Gasteiger partial charge in [-0.3, -0.25) is 4.79 Å². The summed E-state index contributed by atoms with van der Waals surface area (Å²) in [4.78, 5) is 14.1. The number of benzene rings is 1. The second kappa shape index (κ2) is 7.04. The summed E-state index contributed by atoms with van der Waals surface area (Å²) < 4.78 is 29.3. The van der Waals surface area contributed by atoms with Crippen molar-refractivity contribution in [2.45, 2.75) is 17.7 Å². The number of nitrogens with zero attached hydrogens (tertiary/aromatic N) is 1. The van der Waals surface area contributed by atoms with Crippen LogP contribution in [-0.2, 0) is 19.4 Å². The van der Waals surface area contributed by atoms with E-state index in [4.69, 9.17) is 4.74 Å². The smallest absolute Gasteiger partial charge is 0.223 e. The summed E-state index contributed by atoms with van der Waals surface area (Å²) in [6.45, 7) is 2.00. The summed E-state index contributed by atoms with van der Waals surface area (Å²) in [7, 11) is -1.73. The molecule has 1 fully saturated rings. The van der Waals surface area contributed by atoms with Gasteiger partial charge in [-0.2, -0.15) is 0 Å². The molecule has 1 saturated heterocycles. The van der Waals surface area contributed by atoms with Crippen molar-refractivity contribution in [1.29, 1.82) is 0 Å². The Balaban J connectivity index is 1.87. The van der Waals surface area contributed by atoms with Gasteiger partial charge in [0.25, 0.3) is 0 Å². The van der Waals surface area contributed by atoms with E-state index in [1.165, 1.54) is 0 Å². The molecule has 21 heavy (non-hydrogen) atoms. The number of carbonyl (C=O) groups excluding carboxylic acids is 1. The molecule has 1 heterocycles. The highest BCUT2D eigenvalue weighted by atomic mass is 32.2. The maximum atomic E-state index is 12.1. The molecule has 0 N–H and O–H groups in total. The van der Waals surface area contributed by atoms with Crippen molar-refractivity contribution >= 4 is 15.7 Å². The van der Waals surface area contributed by atoms with Crippen LogP contribution >= 0.6 is 0 Å². The lowest BCUT2D eigenvalue weighted by Crippen LogP contribution is -2.30. The fraction of sp³-hybridized carbons (Fsp3) is 0.533. The molecule has 1 aromatic rings. The van der Waals surface area contributed by atoms with Crippen LogP contribution in [0.3, 0.4) is 0 Å². The number of methoxy groups -OCH3 is 1. The Morgan fingerprint density at radius 2 is 2.05 bits per heavy atom. The normalized spacial score (nSPS) is 18.9. The molecule has 0 saturated carbocycles. The van der Waals surface area contributed by atoms with E-state index in [1.807, 2.05) is 0 Å². The lowest BCUT2D eigenvalue weighted by atomic mass is 10.1. The molecule has 1 aromatic carbocycles. The number of hydrogen-bond acceptors (Lipinski definition) is 4. The molecule has 2 rings (SSSR count). The first-order chi connectivity index (χ1) is 10.0. The predicted octanol–water partition coefficient (Wildman–Crippen LogP) is 1.35. The first-order valence-corrected chi connectivity index (χ1v) is 8.72.